The average Bonchev–Trinajstić information content (AvgIpc) is 2.30. The first kappa shape index (κ1) is 11.3. The van der Waals surface area contributed by atoms with Crippen molar-refractivity contribution >= 4 is 5.95 Å². The van der Waals surface area contributed by atoms with E-state index < -0.39 is 0 Å². The number of benzene rings is 1. The van der Waals surface area contributed by atoms with Gasteiger partial charge in [0.15, 0.2) is 0 Å². The normalized spacial score (nSPS) is 10.0. The summed E-state index contributed by atoms with van der Waals surface area (Å²) in [5, 5.41) is 3.03. The first-order valence-electron chi connectivity index (χ1n) is 5.47. The van der Waals surface area contributed by atoms with Gasteiger partial charge in [-0.05, 0) is 26.0 Å². The molecule has 0 radical (unpaired) electrons. The molecule has 17 heavy (non-hydrogen) atoms. The number of hydrogen-bond donors (Lipinski definition) is 1. The maximum absolute atomic E-state index is 5.54. The molecule has 0 amide bonds. The number of nitrogens with one attached hydrogen (secondary N) is 1. The van der Waals surface area contributed by atoms with Crippen molar-refractivity contribution in [3.8, 4) is 11.8 Å². The lowest BCUT2D eigenvalue weighted by Crippen LogP contribution is -2.06. The number of ether oxygens (including phenoxy) is 1. The van der Waals surface area contributed by atoms with Crippen molar-refractivity contribution in [3.63, 3.8) is 0 Å². The molecule has 2 aromatic rings. The second-order valence-electron chi connectivity index (χ2n) is 3.43. The van der Waals surface area contributed by atoms with Gasteiger partial charge in [0.2, 0.25) is 5.95 Å². The molecule has 0 aliphatic carbocycles. The Kier molecular flexibility index (Phi) is 3.49. The minimum absolute atomic E-state index is 0.305. The van der Waals surface area contributed by atoms with Crippen molar-refractivity contribution in [2.24, 2.45) is 0 Å². The molecule has 1 aromatic carbocycles. The van der Waals surface area contributed by atoms with Gasteiger partial charge in [0.25, 0.3) is 0 Å². The van der Waals surface area contributed by atoms with Crippen molar-refractivity contribution in [1.82, 2.24) is 15.0 Å². The molecule has 0 unspecified atom stereocenters. The zero-order valence-corrected chi connectivity index (χ0v) is 9.84. The van der Waals surface area contributed by atoms with Crippen molar-refractivity contribution in [2.45, 2.75) is 13.8 Å². The van der Waals surface area contributed by atoms with E-state index in [2.05, 4.69) is 20.3 Å². The van der Waals surface area contributed by atoms with Crippen molar-refractivity contribution in [1.29, 1.82) is 0 Å². The molecule has 1 heterocycles. The summed E-state index contributed by atoms with van der Waals surface area (Å²) in [7, 11) is 0. The largest absolute Gasteiger partial charge is 0.424 e. The minimum Gasteiger partial charge on any atom is -0.424 e. The Balaban J connectivity index is 2.21. The molecule has 0 fully saturated rings. The monoisotopic (exact) mass is 230 g/mol. The molecular formula is C12H14N4O. The molecular weight excluding hydrogens is 216 g/mol. The molecule has 0 bridgehead atoms. The molecule has 88 valence electrons. The highest BCUT2D eigenvalue weighted by Gasteiger charge is 2.04. The van der Waals surface area contributed by atoms with Gasteiger partial charge in [0.05, 0.1) is 0 Å². The summed E-state index contributed by atoms with van der Waals surface area (Å²) in [6.45, 7) is 4.55. The van der Waals surface area contributed by atoms with Gasteiger partial charge < -0.3 is 10.1 Å². The Bertz CT molecular complexity index is 487. The highest BCUT2D eigenvalue weighted by molar-refractivity contribution is 5.28. The highest BCUT2D eigenvalue weighted by atomic mass is 16.5. The van der Waals surface area contributed by atoms with Crippen LogP contribution in [0, 0.1) is 6.92 Å². The Hall–Kier alpha value is -2.17. The number of hydrogen-bond acceptors (Lipinski definition) is 5. The van der Waals surface area contributed by atoms with E-state index in [0.29, 0.717) is 23.5 Å². The average molecular weight is 230 g/mol. The topological polar surface area (TPSA) is 59.9 Å². The SMILES string of the molecule is CCNc1nc(C)nc(Oc2ccccc2)n1. The van der Waals surface area contributed by atoms with E-state index in [9.17, 15) is 0 Å². The molecule has 1 aromatic heterocycles. The van der Waals surface area contributed by atoms with Crippen molar-refractivity contribution in [3.05, 3.63) is 36.2 Å². The maximum Gasteiger partial charge on any atom is 0.327 e. The first-order chi connectivity index (χ1) is 8.28. The first-order valence-corrected chi connectivity index (χ1v) is 5.47. The van der Waals surface area contributed by atoms with Crippen LogP contribution in [0.2, 0.25) is 0 Å². The Labute approximate surface area is 99.9 Å². The number of nitrogens with zero attached hydrogens (tertiary/aromatic N) is 3. The smallest absolute Gasteiger partial charge is 0.327 e. The number of aryl methyl sites for hydroxylation is 1. The third-order valence-corrected chi connectivity index (χ3v) is 2.01. The molecule has 0 saturated carbocycles. The van der Waals surface area contributed by atoms with E-state index in [1.165, 1.54) is 0 Å². The standard InChI is InChI=1S/C12H14N4O/c1-3-13-11-14-9(2)15-12(16-11)17-10-7-5-4-6-8-10/h4-8H,3H2,1-2H3,(H,13,14,15,16). The van der Waals surface area contributed by atoms with Crippen LogP contribution in [0.1, 0.15) is 12.7 Å². The van der Waals surface area contributed by atoms with E-state index >= 15 is 0 Å². The molecule has 0 aliphatic heterocycles. The summed E-state index contributed by atoms with van der Waals surface area (Å²) < 4.78 is 5.54. The van der Waals surface area contributed by atoms with Crippen LogP contribution in [0.4, 0.5) is 5.95 Å². The number of anilines is 1. The van der Waals surface area contributed by atoms with Crippen LogP contribution in [-0.2, 0) is 0 Å². The summed E-state index contributed by atoms with van der Waals surface area (Å²) in [4.78, 5) is 12.4. The van der Waals surface area contributed by atoms with E-state index in [-0.39, 0.29) is 0 Å². The maximum atomic E-state index is 5.54. The molecule has 0 aliphatic rings. The van der Waals surface area contributed by atoms with Crippen LogP contribution in [-0.4, -0.2) is 21.5 Å². The Morgan fingerprint density at radius 2 is 1.88 bits per heavy atom. The van der Waals surface area contributed by atoms with Crippen LogP contribution in [0.15, 0.2) is 30.3 Å². The number of rotatable bonds is 4. The van der Waals surface area contributed by atoms with Crippen LogP contribution in [0.25, 0.3) is 0 Å². The number of para-hydroxylation sites is 1. The lowest BCUT2D eigenvalue weighted by Gasteiger charge is -2.06. The van der Waals surface area contributed by atoms with Crippen molar-refractivity contribution in [2.75, 3.05) is 11.9 Å². The molecule has 0 atom stereocenters. The zero-order valence-electron chi connectivity index (χ0n) is 9.84. The van der Waals surface area contributed by atoms with Gasteiger partial charge in [-0.15, -0.1) is 0 Å². The third kappa shape index (κ3) is 3.14. The lowest BCUT2D eigenvalue weighted by molar-refractivity contribution is 0.438. The molecule has 5 heteroatoms. The van der Waals surface area contributed by atoms with Crippen LogP contribution in [0.5, 0.6) is 11.8 Å². The van der Waals surface area contributed by atoms with E-state index in [1.54, 1.807) is 6.92 Å². The van der Waals surface area contributed by atoms with Crippen LogP contribution >= 0.6 is 0 Å². The third-order valence-electron chi connectivity index (χ3n) is 2.01. The second kappa shape index (κ2) is 5.25. The quantitative estimate of drug-likeness (QED) is 0.873. The fourth-order valence-corrected chi connectivity index (χ4v) is 1.33. The van der Waals surface area contributed by atoms with Crippen molar-refractivity contribution < 1.29 is 4.74 Å². The van der Waals surface area contributed by atoms with Crippen LogP contribution in [0.3, 0.4) is 0 Å². The van der Waals surface area contributed by atoms with Gasteiger partial charge >= 0.3 is 6.01 Å². The van der Waals surface area contributed by atoms with Gasteiger partial charge in [-0.3, -0.25) is 0 Å². The van der Waals surface area contributed by atoms with Gasteiger partial charge in [0.1, 0.15) is 11.6 Å². The molecule has 0 spiro atoms. The van der Waals surface area contributed by atoms with E-state index in [0.717, 1.165) is 6.54 Å². The predicted molar refractivity (Wildman–Crippen MR) is 65.2 cm³/mol. The fourth-order valence-electron chi connectivity index (χ4n) is 1.33. The minimum atomic E-state index is 0.305. The Morgan fingerprint density at radius 3 is 2.59 bits per heavy atom. The summed E-state index contributed by atoms with van der Waals surface area (Å²) in [6, 6.07) is 9.73. The summed E-state index contributed by atoms with van der Waals surface area (Å²) in [5.41, 5.74) is 0. The fraction of sp³-hybridized carbons (Fsp3) is 0.250. The van der Waals surface area contributed by atoms with Crippen LogP contribution < -0.4 is 10.1 Å². The second-order valence-corrected chi connectivity index (χ2v) is 3.43. The van der Waals surface area contributed by atoms with E-state index in [4.69, 9.17) is 4.74 Å². The Morgan fingerprint density at radius 1 is 1.12 bits per heavy atom. The zero-order chi connectivity index (χ0) is 12.1. The lowest BCUT2D eigenvalue weighted by atomic mass is 10.3. The van der Waals surface area contributed by atoms with Gasteiger partial charge in [-0.25, -0.2) is 0 Å². The van der Waals surface area contributed by atoms with Gasteiger partial charge in [-0.1, -0.05) is 18.2 Å². The summed E-state index contributed by atoms with van der Waals surface area (Å²) in [5.74, 6) is 1.87. The van der Waals surface area contributed by atoms with Gasteiger partial charge in [-0.2, -0.15) is 15.0 Å². The molecule has 1 N–H and O–H groups in total. The predicted octanol–water partition coefficient (Wildman–Crippen LogP) is 2.40. The highest BCUT2D eigenvalue weighted by Crippen LogP contribution is 2.17. The summed E-state index contributed by atoms with van der Waals surface area (Å²) in [6.07, 6.45) is 0. The van der Waals surface area contributed by atoms with Gasteiger partial charge in [0, 0.05) is 6.54 Å². The summed E-state index contributed by atoms with van der Waals surface area (Å²) >= 11 is 0. The number of aromatic nitrogens is 3. The molecule has 5 nitrogen and oxygen atoms in total. The molecule has 2 rings (SSSR count). The molecule has 0 saturated heterocycles. The van der Waals surface area contributed by atoms with E-state index in [1.807, 2.05) is 37.3 Å².